The molecule has 0 spiro atoms. The first kappa shape index (κ1) is 23.2. The summed E-state index contributed by atoms with van der Waals surface area (Å²) in [5.74, 6) is 0.124. The first-order valence-corrected chi connectivity index (χ1v) is 12.4. The number of carbonyl (C=O) groups is 3. The Kier molecular flexibility index (Phi) is 7.27. The SMILES string of the molecule is CC1CCCC(C)N1C(=O)COc1ccc(C(=O)N2CCCC2C(=O)Nc2nccs2)cc1. The first-order chi connectivity index (χ1) is 15.9. The maximum atomic E-state index is 13.1. The number of piperidine rings is 1. The maximum Gasteiger partial charge on any atom is 0.260 e. The molecule has 3 atom stereocenters. The van der Waals surface area contributed by atoms with Gasteiger partial charge in [0.1, 0.15) is 11.8 Å². The number of hydrogen-bond donors (Lipinski definition) is 1. The van der Waals surface area contributed by atoms with Crippen LogP contribution in [0, 0.1) is 0 Å². The number of benzene rings is 1. The van der Waals surface area contributed by atoms with Crippen molar-refractivity contribution >= 4 is 34.2 Å². The van der Waals surface area contributed by atoms with E-state index in [0.717, 1.165) is 25.7 Å². The Bertz CT molecular complexity index is 969. The van der Waals surface area contributed by atoms with Gasteiger partial charge in [-0.05, 0) is 70.2 Å². The predicted molar refractivity (Wildman–Crippen MR) is 126 cm³/mol. The minimum Gasteiger partial charge on any atom is -0.484 e. The molecule has 3 heterocycles. The van der Waals surface area contributed by atoms with Gasteiger partial charge in [-0.1, -0.05) is 0 Å². The van der Waals surface area contributed by atoms with Crippen molar-refractivity contribution in [1.82, 2.24) is 14.8 Å². The molecule has 2 fully saturated rings. The van der Waals surface area contributed by atoms with E-state index in [1.54, 1.807) is 40.7 Å². The summed E-state index contributed by atoms with van der Waals surface area (Å²) in [4.78, 5) is 46.0. The van der Waals surface area contributed by atoms with E-state index in [0.29, 0.717) is 29.4 Å². The van der Waals surface area contributed by atoms with Gasteiger partial charge in [-0.15, -0.1) is 11.3 Å². The summed E-state index contributed by atoms with van der Waals surface area (Å²) in [6, 6.07) is 6.71. The molecular formula is C24H30N4O4S. The monoisotopic (exact) mass is 470 g/mol. The lowest BCUT2D eigenvalue weighted by molar-refractivity contribution is -0.139. The Labute approximate surface area is 197 Å². The molecule has 2 aliphatic heterocycles. The zero-order valence-electron chi connectivity index (χ0n) is 19.0. The number of carbonyl (C=O) groups excluding carboxylic acids is 3. The molecule has 8 nitrogen and oxygen atoms in total. The summed E-state index contributed by atoms with van der Waals surface area (Å²) in [6.45, 7) is 4.68. The fraction of sp³-hybridized carbons (Fsp3) is 0.500. The van der Waals surface area contributed by atoms with Crippen LogP contribution in [0.5, 0.6) is 5.75 Å². The van der Waals surface area contributed by atoms with Crippen LogP contribution in [-0.2, 0) is 9.59 Å². The molecule has 1 aromatic carbocycles. The highest BCUT2D eigenvalue weighted by molar-refractivity contribution is 7.13. The number of nitrogens with zero attached hydrogens (tertiary/aromatic N) is 3. The number of aromatic nitrogens is 1. The Balaban J connectivity index is 1.34. The third-order valence-corrected chi connectivity index (χ3v) is 7.11. The zero-order chi connectivity index (χ0) is 23.4. The zero-order valence-corrected chi connectivity index (χ0v) is 19.8. The number of likely N-dealkylation sites (tertiary alicyclic amines) is 2. The minimum absolute atomic E-state index is 0.0130. The van der Waals surface area contributed by atoms with Gasteiger partial charge < -0.3 is 19.9 Å². The standard InChI is InChI=1S/C24H30N4O4S/c1-16-5-3-6-17(2)28(16)21(29)15-32-19-10-8-18(9-11-19)23(31)27-13-4-7-20(27)22(30)26-24-25-12-14-33-24/h8-12,14,16-17,20H,3-7,13,15H2,1-2H3,(H,25,26,30). The molecule has 33 heavy (non-hydrogen) atoms. The van der Waals surface area contributed by atoms with E-state index in [2.05, 4.69) is 24.1 Å². The molecule has 176 valence electrons. The second kappa shape index (κ2) is 10.3. The van der Waals surface area contributed by atoms with Crippen molar-refractivity contribution in [2.75, 3.05) is 18.5 Å². The van der Waals surface area contributed by atoms with Gasteiger partial charge in [-0.25, -0.2) is 4.98 Å². The maximum absolute atomic E-state index is 13.1. The Hall–Kier alpha value is -2.94. The fourth-order valence-electron chi connectivity index (χ4n) is 4.75. The smallest absolute Gasteiger partial charge is 0.260 e. The summed E-state index contributed by atoms with van der Waals surface area (Å²) in [5.41, 5.74) is 0.487. The van der Waals surface area contributed by atoms with E-state index < -0.39 is 6.04 Å². The predicted octanol–water partition coefficient (Wildman–Crippen LogP) is 3.55. The van der Waals surface area contributed by atoms with Crippen molar-refractivity contribution in [3.05, 3.63) is 41.4 Å². The van der Waals surface area contributed by atoms with Crippen molar-refractivity contribution in [1.29, 1.82) is 0 Å². The van der Waals surface area contributed by atoms with Crippen LogP contribution in [0.1, 0.15) is 56.3 Å². The van der Waals surface area contributed by atoms with Gasteiger partial charge in [0.05, 0.1) is 0 Å². The molecule has 0 saturated carbocycles. The normalized spacial score (nSPS) is 22.8. The average molecular weight is 471 g/mol. The lowest BCUT2D eigenvalue weighted by Gasteiger charge is -2.38. The number of amides is 3. The Morgan fingerprint density at radius 1 is 1.09 bits per heavy atom. The molecule has 3 amide bonds. The van der Waals surface area contributed by atoms with E-state index in [4.69, 9.17) is 4.74 Å². The number of nitrogens with one attached hydrogen (secondary N) is 1. The highest BCUT2D eigenvalue weighted by Crippen LogP contribution is 2.25. The largest absolute Gasteiger partial charge is 0.484 e. The molecule has 2 saturated heterocycles. The second-order valence-corrected chi connectivity index (χ2v) is 9.62. The van der Waals surface area contributed by atoms with Gasteiger partial charge in [0.2, 0.25) is 5.91 Å². The van der Waals surface area contributed by atoms with Crippen LogP contribution < -0.4 is 10.1 Å². The highest BCUT2D eigenvalue weighted by Gasteiger charge is 2.35. The molecule has 1 aromatic heterocycles. The molecule has 2 aromatic rings. The average Bonchev–Trinajstić information content (AvgIpc) is 3.49. The lowest BCUT2D eigenvalue weighted by Crippen LogP contribution is -2.49. The lowest BCUT2D eigenvalue weighted by atomic mass is 9.97. The molecule has 3 unspecified atom stereocenters. The van der Waals surface area contributed by atoms with Crippen LogP contribution in [0.2, 0.25) is 0 Å². The van der Waals surface area contributed by atoms with Crippen molar-refractivity contribution < 1.29 is 19.1 Å². The van der Waals surface area contributed by atoms with Gasteiger partial charge >= 0.3 is 0 Å². The molecule has 0 radical (unpaired) electrons. The van der Waals surface area contributed by atoms with Crippen molar-refractivity contribution in [2.24, 2.45) is 0 Å². The fourth-order valence-corrected chi connectivity index (χ4v) is 5.28. The topological polar surface area (TPSA) is 91.8 Å². The third kappa shape index (κ3) is 5.35. The molecule has 0 bridgehead atoms. The Morgan fingerprint density at radius 2 is 1.82 bits per heavy atom. The number of ether oxygens (including phenoxy) is 1. The van der Waals surface area contributed by atoms with Gasteiger partial charge in [0.25, 0.3) is 11.8 Å². The molecule has 4 rings (SSSR count). The molecule has 1 N–H and O–H groups in total. The van der Waals surface area contributed by atoms with E-state index in [9.17, 15) is 14.4 Å². The first-order valence-electron chi connectivity index (χ1n) is 11.5. The van der Waals surface area contributed by atoms with E-state index in [-0.39, 0.29) is 36.4 Å². The minimum atomic E-state index is -0.511. The van der Waals surface area contributed by atoms with E-state index in [1.165, 1.54) is 11.3 Å². The van der Waals surface area contributed by atoms with E-state index in [1.807, 2.05) is 4.90 Å². The highest BCUT2D eigenvalue weighted by atomic mass is 32.1. The summed E-state index contributed by atoms with van der Waals surface area (Å²) in [7, 11) is 0. The summed E-state index contributed by atoms with van der Waals surface area (Å²) < 4.78 is 5.71. The van der Waals surface area contributed by atoms with Gasteiger partial charge in [0, 0.05) is 35.8 Å². The van der Waals surface area contributed by atoms with Gasteiger partial charge in [-0.3, -0.25) is 14.4 Å². The number of thiazole rings is 1. The summed E-state index contributed by atoms with van der Waals surface area (Å²) in [6.07, 6.45) is 6.21. The number of hydrogen-bond acceptors (Lipinski definition) is 6. The van der Waals surface area contributed by atoms with Crippen LogP contribution in [0.4, 0.5) is 5.13 Å². The van der Waals surface area contributed by atoms with Gasteiger partial charge in [0.15, 0.2) is 11.7 Å². The van der Waals surface area contributed by atoms with Crippen molar-refractivity contribution in [3.8, 4) is 5.75 Å². The molecule has 2 aliphatic rings. The van der Waals surface area contributed by atoms with Crippen LogP contribution in [0.15, 0.2) is 35.8 Å². The van der Waals surface area contributed by atoms with Crippen LogP contribution in [0.3, 0.4) is 0 Å². The summed E-state index contributed by atoms with van der Waals surface area (Å²) >= 11 is 1.35. The summed E-state index contributed by atoms with van der Waals surface area (Å²) in [5, 5.41) is 5.11. The third-order valence-electron chi connectivity index (χ3n) is 6.42. The molecule has 0 aliphatic carbocycles. The van der Waals surface area contributed by atoms with E-state index >= 15 is 0 Å². The van der Waals surface area contributed by atoms with Crippen LogP contribution in [-0.4, -0.2) is 63.8 Å². The Morgan fingerprint density at radius 3 is 2.48 bits per heavy atom. The number of anilines is 1. The molecule has 9 heteroatoms. The van der Waals surface area contributed by atoms with Crippen molar-refractivity contribution in [2.45, 2.75) is 64.1 Å². The second-order valence-electron chi connectivity index (χ2n) is 8.73. The van der Waals surface area contributed by atoms with Gasteiger partial charge in [-0.2, -0.15) is 0 Å². The van der Waals surface area contributed by atoms with Crippen LogP contribution >= 0.6 is 11.3 Å². The number of rotatable bonds is 6. The quantitative estimate of drug-likeness (QED) is 0.697. The molecular weight excluding hydrogens is 440 g/mol. The van der Waals surface area contributed by atoms with Crippen molar-refractivity contribution in [3.63, 3.8) is 0 Å². The van der Waals surface area contributed by atoms with Crippen LogP contribution in [0.25, 0.3) is 0 Å².